The molecule has 0 unspecified atom stereocenters. The van der Waals surface area contributed by atoms with Crippen LogP contribution in [0.25, 0.3) is 6.08 Å². The Morgan fingerprint density at radius 1 is 1.03 bits per heavy atom. The van der Waals surface area contributed by atoms with Gasteiger partial charge in [-0.25, -0.2) is 4.39 Å². The standard InChI is InChI=1S/C25H18ClFN2O4S/c1-32-22-13-16(4-11-21(22)33-14-15-2-5-17(26)6-3-15)12-20-23(30)28-25(34)29(24(20)31)19-9-7-18(27)8-10-19/h2-13H,14H2,1H3,(H,28,30,34)/b20-12-. The lowest BCUT2D eigenvalue weighted by molar-refractivity contribution is -0.122. The molecule has 3 aromatic rings. The van der Waals surface area contributed by atoms with Gasteiger partial charge in [0.25, 0.3) is 11.8 Å². The first-order chi connectivity index (χ1) is 16.4. The summed E-state index contributed by atoms with van der Waals surface area (Å²) in [5.74, 6) is -0.784. The number of halogens is 2. The van der Waals surface area contributed by atoms with Gasteiger partial charge in [0.2, 0.25) is 0 Å². The normalized spacial score (nSPS) is 14.9. The number of hydrogen-bond acceptors (Lipinski definition) is 5. The fourth-order valence-electron chi connectivity index (χ4n) is 3.28. The van der Waals surface area contributed by atoms with Gasteiger partial charge in [-0.1, -0.05) is 29.8 Å². The Bertz CT molecular complexity index is 1290. The van der Waals surface area contributed by atoms with E-state index < -0.39 is 17.6 Å². The SMILES string of the molecule is COc1cc(/C=C2/C(=O)NC(=S)N(c3ccc(F)cc3)C2=O)ccc1OCc1ccc(Cl)cc1. The summed E-state index contributed by atoms with van der Waals surface area (Å²) >= 11 is 11.1. The number of thiocarbonyl (C=S) groups is 1. The van der Waals surface area contributed by atoms with E-state index in [-0.39, 0.29) is 10.7 Å². The van der Waals surface area contributed by atoms with Crippen molar-refractivity contribution >= 4 is 52.5 Å². The second-order valence-corrected chi connectivity index (χ2v) is 8.08. The topological polar surface area (TPSA) is 67.9 Å². The van der Waals surface area contributed by atoms with Crippen molar-refractivity contribution in [2.75, 3.05) is 12.0 Å². The fraction of sp³-hybridized carbons (Fsp3) is 0.0800. The van der Waals surface area contributed by atoms with Crippen LogP contribution >= 0.6 is 23.8 Å². The van der Waals surface area contributed by atoms with Gasteiger partial charge in [0.05, 0.1) is 12.8 Å². The van der Waals surface area contributed by atoms with E-state index >= 15 is 0 Å². The molecule has 3 aromatic carbocycles. The van der Waals surface area contributed by atoms with Crippen LogP contribution in [0.5, 0.6) is 11.5 Å². The Labute approximate surface area is 205 Å². The molecule has 0 spiro atoms. The van der Waals surface area contributed by atoms with Gasteiger partial charge in [0.15, 0.2) is 16.6 Å². The van der Waals surface area contributed by atoms with Gasteiger partial charge in [-0.05, 0) is 78.0 Å². The zero-order chi connectivity index (χ0) is 24.2. The Balaban J connectivity index is 1.58. The van der Waals surface area contributed by atoms with Crippen LogP contribution in [0.1, 0.15) is 11.1 Å². The number of ether oxygens (including phenoxy) is 2. The van der Waals surface area contributed by atoms with Crippen molar-refractivity contribution in [1.29, 1.82) is 0 Å². The van der Waals surface area contributed by atoms with E-state index in [0.29, 0.717) is 34.4 Å². The van der Waals surface area contributed by atoms with Gasteiger partial charge in [0, 0.05) is 5.02 Å². The number of hydrogen-bond donors (Lipinski definition) is 1. The summed E-state index contributed by atoms with van der Waals surface area (Å²) in [6.07, 6.45) is 1.43. The summed E-state index contributed by atoms with van der Waals surface area (Å²) in [4.78, 5) is 26.7. The highest BCUT2D eigenvalue weighted by Gasteiger charge is 2.34. The molecule has 0 atom stereocenters. The van der Waals surface area contributed by atoms with Gasteiger partial charge < -0.3 is 9.47 Å². The molecule has 6 nitrogen and oxygen atoms in total. The van der Waals surface area contributed by atoms with Crippen LogP contribution in [-0.4, -0.2) is 24.0 Å². The Morgan fingerprint density at radius 3 is 2.41 bits per heavy atom. The molecule has 2 amide bonds. The average molecular weight is 497 g/mol. The lowest BCUT2D eigenvalue weighted by Crippen LogP contribution is -2.54. The minimum Gasteiger partial charge on any atom is -0.493 e. The van der Waals surface area contributed by atoms with Crippen LogP contribution in [-0.2, 0) is 16.2 Å². The molecule has 0 bridgehead atoms. The highest BCUT2D eigenvalue weighted by molar-refractivity contribution is 7.80. The number of methoxy groups -OCH3 is 1. The highest BCUT2D eigenvalue weighted by Crippen LogP contribution is 2.30. The van der Waals surface area contributed by atoms with Crippen LogP contribution in [0.3, 0.4) is 0 Å². The van der Waals surface area contributed by atoms with Crippen LogP contribution in [0.4, 0.5) is 10.1 Å². The van der Waals surface area contributed by atoms with Crippen molar-refractivity contribution < 1.29 is 23.5 Å². The second-order valence-electron chi connectivity index (χ2n) is 7.26. The number of carbonyl (C=O) groups excluding carboxylic acids is 2. The van der Waals surface area contributed by atoms with Crippen molar-refractivity contribution in [3.63, 3.8) is 0 Å². The van der Waals surface area contributed by atoms with Crippen LogP contribution in [0.2, 0.25) is 5.02 Å². The fourth-order valence-corrected chi connectivity index (χ4v) is 3.69. The van der Waals surface area contributed by atoms with E-state index in [1.165, 1.54) is 37.5 Å². The molecule has 0 aromatic heterocycles. The maximum atomic E-state index is 13.3. The van der Waals surface area contributed by atoms with Crippen molar-refractivity contribution in [3.05, 3.63) is 94.3 Å². The van der Waals surface area contributed by atoms with Gasteiger partial charge in [-0.3, -0.25) is 19.8 Å². The van der Waals surface area contributed by atoms with Crippen molar-refractivity contribution in [3.8, 4) is 11.5 Å². The average Bonchev–Trinajstić information content (AvgIpc) is 2.83. The molecule has 0 radical (unpaired) electrons. The van der Waals surface area contributed by atoms with E-state index in [2.05, 4.69) is 5.32 Å². The van der Waals surface area contributed by atoms with E-state index in [9.17, 15) is 14.0 Å². The van der Waals surface area contributed by atoms with Gasteiger partial charge >= 0.3 is 0 Å². The monoisotopic (exact) mass is 496 g/mol. The third-order valence-electron chi connectivity index (χ3n) is 4.99. The number of carbonyl (C=O) groups is 2. The minimum absolute atomic E-state index is 0.0812. The summed E-state index contributed by atoms with van der Waals surface area (Å²) in [6, 6.07) is 17.5. The van der Waals surface area contributed by atoms with Crippen LogP contribution in [0, 0.1) is 5.82 Å². The Hall–Kier alpha value is -3.75. The number of benzene rings is 3. The molecule has 0 aliphatic carbocycles. The first-order valence-electron chi connectivity index (χ1n) is 10.1. The van der Waals surface area contributed by atoms with Gasteiger partial charge in [-0.2, -0.15) is 0 Å². The zero-order valence-corrected chi connectivity index (χ0v) is 19.5. The summed E-state index contributed by atoms with van der Waals surface area (Å²) in [5, 5.41) is 3.05. The molecular formula is C25H18ClFN2O4S. The lowest BCUT2D eigenvalue weighted by Gasteiger charge is -2.28. The molecule has 9 heteroatoms. The lowest BCUT2D eigenvalue weighted by atomic mass is 10.1. The summed E-state index contributed by atoms with van der Waals surface area (Å²) in [7, 11) is 1.49. The van der Waals surface area contributed by atoms with Crippen LogP contribution in [0.15, 0.2) is 72.3 Å². The largest absolute Gasteiger partial charge is 0.493 e. The third kappa shape index (κ3) is 5.08. The molecule has 172 valence electrons. The van der Waals surface area contributed by atoms with E-state index in [4.69, 9.17) is 33.3 Å². The maximum Gasteiger partial charge on any atom is 0.270 e. The molecule has 1 fully saturated rings. The van der Waals surface area contributed by atoms with Crippen molar-refractivity contribution in [1.82, 2.24) is 5.32 Å². The van der Waals surface area contributed by atoms with Gasteiger partial charge in [0.1, 0.15) is 18.0 Å². The van der Waals surface area contributed by atoms with Crippen molar-refractivity contribution in [2.45, 2.75) is 6.61 Å². The second kappa shape index (κ2) is 10.0. The van der Waals surface area contributed by atoms with E-state index in [1.54, 1.807) is 30.3 Å². The minimum atomic E-state index is -0.629. The molecule has 1 heterocycles. The number of amides is 2. The molecule has 0 saturated carbocycles. The summed E-state index contributed by atoms with van der Waals surface area (Å²) in [5.41, 5.74) is 1.68. The summed E-state index contributed by atoms with van der Waals surface area (Å²) < 4.78 is 24.6. The number of rotatable bonds is 6. The first-order valence-corrected chi connectivity index (χ1v) is 10.9. The molecule has 34 heavy (non-hydrogen) atoms. The predicted molar refractivity (Wildman–Crippen MR) is 131 cm³/mol. The molecular weight excluding hydrogens is 479 g/mol. The molecule has 1 aliphatic heterocycles. The van der Waals surface area contributed by atoms with Crippen LogP contribution < -0.4 is 19.7 Å². The molecule has 4 rings (SSSR count). The molecule has 1 N–H and O–H groups in total. The number of nitrogens with zero attached hydrogens (tertiary/aromatic N) is 1. The van der Waals surface area contributed by atoms with Gasteiger partial charge in [-0.15, -0.1) is 0 Å². The van der Waals surface area contributed by atoms with Crippen molar-refractivity contribution in [2.24, 2.45) is 0 Å². The van der Waals surface area contributed by atoms with E-state index in [0.717, 1.165) is 10.5 Å². The Kier molecular flexibility index (Phi) is 6.90. The molecule has 1 saturated heterocycles. The number of nitrogens with one attached hydrogen (secondary N) is 1. The number of anilines is 1. The smallest absolute Gasteiger partial charge is 0.270 e. The summed E-state index contributed by atoms with van der Waals surface area (Å²) in [6.45, 7) is 0.304. The molecule has 1 aliphatic rings. The maximum absolute atomic E-state index is 13.3. The first kappa shape index (κ1) is 23.4. The predicted octanol–water partition coefficient (Wildman–Crippen LogP) is 4.90. The third-order valence-corrected chi connectivity index (χ3v) is 5.53. The quantitative estimate of drug-likeness (QED) is 0.299. The van der Waals surface area contributed by atoms with E-state index in [1.807, 2.05) is 12.1 Å². The highest BCUT2D eigenvalue weighted by atomic mass is 35.5. The zero-order valence-electron chi connectivity index (χ0n) is 17.9. The Morgan fingerprint density at radius 2 is 1.74 bits per heavy atom.